The molecule has 1 amide bonds. The molecule has 1 saturated carbocycles. The highest BCUT2D eigenvalue weighted by Crippen LogP contribution is 2.40. The Morgan fingerprint density at radius 3 is 2.42 bits per heavy atom. The van der Waals surface area contributed by atoms with Gasteiger partial charge in [0.05, 0.1) is 28.9 Å². The Morgan fingerprint density at radius 2 is 1.77 bits per heavy atom. The number of Topliss-reactive ketones (excluding diaryl/α,β-unsaturated/α-hetero) is 1. The van der Waals surface area contributed by atoms with E-state index >= 15 is 0 Å². The molecule has 9 heteroatoms. The van der Waals surface area contributed by atoms with Crippen LogP contribution in [0, 0.1) is 0 Å². The van der Waals surface area contributed by atoms with Gasteiger partial charge in [0.15, 0.2) is 17.3 Å². The predicted octanol–water partition coefficient (Wildman–Crippen LogP) is 7.50. The summed E-state index contributed by atoms with van der Waals surface area (Å²) in [5.41, 5.74) is 3.18. The van der Waals surface area contributed by atoms with Crippen LogP contribution in [0.5, 0.6) is 11.5 Å². The van der Waals surface area contributed by atoms with Crippen LogP contribution in [0.2, 0.25) is 5.02 Å². The number of phenolic OH excluding ortho intramolecular Hbond substituents is 1. The normalized spacial score (nSPS) is 17.4. The lowest BCUT2D eigenvalue weighted by molar-refractivity contribution is 0.0492. The summed E-state index contributed by atoms with van der Waals surface area (Å²) in [6.45, 7) is 7.53. The zero-order valence-corrected chi connectivity index (χ0v) is 24.5. The molecule has 0 unspecified atom stereocenters. The summed E-state index contributed by atoms with van der Waals surface area (Å²) in [4.78, 5) is 30.0. The third-order valence-electron chi connectivity index (χ3n) is 7.02. The van der Waals surface area contributed by atoms with Gasteiger partial charge in [0, 0.05) is 30.1 Å². The summed E-state index contributed by atoms with van der Waals surface area (Å²) >= 11 is 6.27. The van der Waals surface area contributed by atoms with Crippen molar-refractivity contribution >= 4 is 40.1 Å². The van der Waals surface area contributed by atoms with Crippen molar-refractivity contribution in [2.24, 2.45) is 0 Å². The maximum atomic E-state index is 13.2. The molecule has 3 aromatic rings. The van der Waals surface area contributed by atoms with E-state index in [2.05, 4.69) is 15.6 Å². The lowest BCUT2D eigenvalue weighted by Crippen LogP contribution is -2.42. The van der Waals surface area contributed by atoms with Crippen LogP contribution in [0.15, 0.2) is 36.5 Å². The maximum absolute atomic E-state index is 13.2. The maximum Gasteiger partial charge on any atom is 0.407 e. The summed E-state index contributed by atoms with van der Waals surface area (Å²) in [5, 5.41) is 17.9. The van der Waals surface area contributed by atoms with Gasteiger partial charge in [-0.05, 0) is 88.3 Å². The van der Waals surface area contributed by atoms with E-state index < -0.39 is 11.7 Å². The molecule has 0 spiro atoms. The molecule has 1 aromatic heterocycles. The number of ether oxygens (including phenoxy) is 2. The van der Waals surface area contributed by atoms with Gasteiger partial charge in [0.25, 0.3) is 0 Å². The Kier molecular flexibility index (Phi) is 9.08. The van der Waals surface area contributed by atoms with Crippen molar-refractivity contribution in [2.75, 3.05) is 12.4 Å². The Balaban J connectivity index is 1.63. The molecule has 1 aliphatic rings. The molecule has 3 N–H and O–H groups in total. The van der Waals surface area contributed by atoms with Crippen molar-refractivity contribution in [2.45, 2.75) is 83.9 Å². The number of aromatic nitrogens is 1. The number of methoxy groups -OCH3 is 1. The number of fused-ring (bicyclic) bond motifs is 1. The first kappa shape index (κ1) is 29.5. The highest BCUT2D eigenvalue weighted by Gasteiger charge is 2.26. The van der Waals surface area contributed by atoms with Gasteiger partial charge in [-0.1, -0.05) is 24.6 Å². The van der Waals surface area contributed by atoms with Crippen molar-refractivity contribution in [1.29, 1.82) is 0 Å². The molecule has 0 bridgehead atoms. The van der Waals surface area contributed by atoms with E-state index in [1.165, 1.54) is 7.11 Å². The van der Waals surface area contributed by atoms with Crippen LogP contribution in [0.4, 0.5) is 10.5 Å². The third-order valence-corrected chi connectivity index (χ3v) is 7.31. The lowest BCUT2D eigenvalue weighted by atomic mass is 9.90. The van der Waals surface area contributed by atoms with Gasteiger partial charge in [-0.15, -0.1) is 0 Å². The molecule has 8 nitrogen and oxygen atoms in total. The van der Waals surface area contributed by atoms with Crippen molar-refractivity contribution < 1.29 is 24.2 Å². The van der Waals surface area contributed by atoms with E-state index in [1.54, 1.807) is 18.3 Å². The molecule has 40 heavy (non-hydrogen) atoms. The van der Waals surface area contributed by atoms with Crippen LogP contribution in [-0.4, -0.2) is 46.8 Å². The van der Waals surface area contributed by atoms with E-state index in [4.69, 9.17) is 21.1 Å². The van der Waals surface area contributed by atoms with Crippen LogP contribution in [0.25, 0.3) is 22.0 Å². The molecule has 214 valence electrons. The quantitative estimate of drug-likeness (QED) is 0.242. The van der Waals surface area contributed by atoms with Gasteiger partial charge < -0.3 is 25.2 Å². The second-order valence-electron chi connectivity index (χ2n) is 11.3. The molecule has 4 rings (SSSR count). The second kappa shape index (κ2) is 12.3. The molecule has 0 atom stereocenters. The van der Waals surface area contributed by atoms with Crippen molar-refractivity contribution in [3.63, 3.8) is 0 Å². The van der Waals surface area contributed by atoms with E-state index in [1.807, 2.05) is 45.9 Å². The monoisotopic (exact) mass is 567 g/mol. The fourth-order valence-electron chi connectivity index (χ4n) is 5.06. The molecule has 1 aliphatic carbocycles. The number of amides is 1. The van der Waals surface area contributed by atoms with Crippen molar-refractivity contribution in [3.8, 4) is 22.6 Å². The summed E-state index contributed by atoms with van der Waals surface area (Å²) in [7, 11) is 1.48. The fraction of sp³-hybridized carbons (Fsp3) is 0.452. The zero-order valence-electron chi connectivity index (χ0n) is 23.8. The SMILES string of the molecule is CCCC(=O)c1cnc2ccc(-c3cc(Cl)c(O)c(OC)c3)cc2c1N[C@H]1CC[C@H](NC(=O)OC(C)(C)C)CC1. The predicted molar refractivity (Wildman–Crippen MR) is 159 cm³/mol. The van der Waals surface area contributed by atoms with Crippen LogP contribution in [-0.2, 0) is 4.74 Å². The molecule has 2 aromatic carbocycles. The van der Waals surface area contributed by atoms with Crippen molar-refractivity contribution in [3.05, 3.63) is 47.1 Å². The molecular weight excluding hydrogens is 530 g/mol. The number of nitrogens with one attached hydrogen (secondary N) is 2. The van der Waals surface area contributed by atoms with Crippen LogP contribution in [0.1, 0.15) is 76.6 Å². The Labute approximate surface area is 240 Å². The van der Waals surface area contributed by atoms with Gasteiger partial charge in [-0.25, -0.2) is 4.79 Å². The number of aromatic hydroxyl groups is 1. The van der Waals surface area contributed by atoms with Gasteiger partial charge in [0.2, 0.25) is 0 Å². The first-order valence-electron chi connectivity index (χ1n) is 13.8. The van der Waals surface area contributed by atoms with Crippen LogP contribution < -0.4 is 15.4 Å². The summed E-state index contributed by atoms with van der Waals surface area (Å²) in [6.07, 6.45) is 5.70. The van der Waals surface area contributed by atoms with Crippen LogP contribution in [0.3, 0.4) is 0 Å². The number of halogens is 1. The largest absolute Gasteiger partial charge is 0.503 e. The number of pyridine rings is 1. The molecule has 0 aliphatic heterocycles. The number of carbonyl (C=O) groups is 2. The number of nitrogens with zero attached hydrogens (tertiary/aromatic N) is 1. The average Bonchev–Trinajstić information content (AvgIpc) is 2.90. The average molecular weight is 568 g/mol. The number of rotatable bonds is 8. The third kappa shape index (κ3) is 6.97. The van der Waals surface area contributed by atoms with E-state index in [9.17, 15) is 14.7 Å². The molecular formula is C31H38ClN3O5. The van der Waals surface area contributed by atoms with Crippen LogP contribution >= 0.6 is 11.6 Å². The number of benzene rings is 2. The number of hydrogen-bond acceptors (Lipinski definition) is 7. The molecule has 0 saturated heterocycles. The lowest BCUT2D eigenvalue weighted by Gasteiger charge is -2.31. The number of phenols is 1. The highest BCUT2D eigenvalue weighted by atomic mass is 35.5. The number of hydrogen-bond donors (Lipinski definition) is 3. The van der Waals surface area contributed by atoms with E-state index in [0.717, 1.165) is 59.8 Å². The number of carbonyl (C=O) groups excluding carboxylic acids is 2. The Hall–Kier alpha value is -3.52. The Bertz CT molecular complexity index is 1390. The number of ketones is 1. The van der Waals surface area contributed by atoms with Gasteiger partial charge >= 0.3 is 6.09 Å². The fourth-order valence-corrected chi connectivity index (χ4v) is 5.27. The van der Waals surface area contributed by atoms with E-state index in [0.29, 0.717) is 12.0 Å². The van der Waals surface area contributed by atoms with Gasteiger partial charge in [0.1, 0.15) is 5.60 Å². The highest BCUT2D eigenvalue weighted by molar-refractivity contribution is 6.32. The molecule has 1 heterocycles. The Morgan fingerprint density at radius 1 is 1.07 bits per heavy atom. The van der Waals surface area contributed by atoms with Crippen molar-refractivity contribution in [1.82, 2.24) is 10.3 Å². The van der Waals surface area contributed by atoms with Gasteiger partial charge in [-0.3, -0.25) is 9.78 Å². The second-order valence-corrected chi connectivity index (χ2v) is 11.7. The molecule has 1 fully saturated rings. The summed E-state index contributed by atoms with van der Waals surface area (Å²) < 4.78 is 10.7. The standard InChI is InChI=1S/C31H38ClN3O5/c1-6-7-26(36)23-17-33-25-13-8-18(19-15-24(32)29(37)27(16-19)39-5)14-22(25)28(23)34-20-9-11-21(12-10-20)35-30(38)40-31(2,3)4/h8,13-17,20-21,37H,6-7,9-12H2,1-5H3,(H,33,34)(H,35,38)/t20-,21-. The van der Waals surface area contributed by atoms with E-state index in [-0.39, 0.29) is 34.4 Å². The number of alkyl carbamates (subject to hydrolysis) is 1. The first-order valence-corrected chi connectivity index (χ1v) is 14.2. The summed E-state index contributed by atoms with van der Waals surface area (Å²) in [6, 6.07) is 9.43. The van der Waals surface area contributed by atoms with Gasteiger partial charge in [-0.2, -0.15) is 0 Å². The topological polar surface area (TPSA) is 110 Å². The number of anilines is 1. The first-order chi connectivity index (χ1) is 19.0. The minimum atomic E-state index is -0.540. The smallest absolute Gasteiger partial charge is 0.407 e. The zero-order chi connectivity index (χ0) is 29.0. The summed E-state index contributed by atoms with van der Waals surface area (Å²) in [5.74, 6) is 0.212. The minimum absolute atomic E-state index is 0.0411. The molecule has 0 radical (unpaired) electrons. The minimum Gasteiger partial charge on any atom is -0.503 e.